The first kappa shape index (κ1) is 15.6. The summed E-state index contributed by atoms with van der Waals surface area (Å²) in [6, 6.07) is 3.75. The van der Waals surface area contributed by atoms with E-state index in [0.717, 1.165) is 12.8 Å². The van der Waals surface area contributed by atoms with Crippen LogP contribution in [0.3, 0.4) is 0 Å². The number of nitrogens with one attached hydrogen (secondary N) is 1. The average molecular weight is 317 g/mol. The minimum atomic E-state index is -0.571. The lowest BCUT2D eigenvalue weighted by Gasteiger charge is -2.12. The van der Waals surface area contributed by atoms with Gasteiger partial charge in [-0.25, -0.2) is 4.79 Å². The number of aryl methyl sites for hydroxylation is 1. The molecule has 1 aromatic heterocycles. The van der Waals surface area contributed by atoms with Gasteiger partial charge >= 0.3 is 11.6 Å². The van der Waals surface area contributed by atoms with Gasteiger partial charge in [-0.2, -0.15) is 0 Å². The Balaban J connectivity index is 2.09. The normalized spacial score (nSPS) is 14.2. The van der Waals surface area contributed by atoms with Crippen LogP contribution in [0.25, 0.3) is 11.0 Å². The number of methoxy groups -OCH3 is 1. The summed E-state index contributed by atoms with van der Waals surface area (Å²) in [5.41, 5.74) is 1.33. The highest BCUT2D eigenvalue weighted by atomic mass is 16.5. The zero-order valence-electron chi connectivity index (χ0n) is 13.1. The molecule has 6 nitrogen and oxygen atoms in total. The average Bonchev–Trinajstić information content (AvgIpc) is 3.34. The number of benzene rings is 1. The van der Waals surface area contributed by atoms with Gasteiger partial charge in [-0.3, -0.25) is 4.79 Å². The third kappa shape index (κ3) is 3.07. The molecule has 3 rings (SSSR count). The van der Waals surface area contributed by atoms with Gasteiger partial charge < -0.3 is 19.6 Å². The number of ether oxygens (including phenoxy) is 1. The standard InChI is InChI=1S/C17H19NO5/c1-9-11-5-6-14(19)13(8-18-10-3-4-10)16(11)23-17(21)12(9)7-15(20)22-2/h5-6,10,18-19H,3-4,7-8H2,1-2H3. The fraction of sp³-hybridized carbons (Fsp3) is 0.412. The van der Waals surface area contributed by atoms with Crippen molar-refractivity contribution in [2.24, 2.45) is 0 Å². The van der Waals surface area contributed by atoms with Crippen LogP contribution >= 0.6 is 0 Å². The number of hydrogen-bond donors (Lipinski definition) is 2. The SMILES string of the molecule is COC(=O)Cc1c(C)c2ccc(O)c(CNC3CC3)c2oc1=O. The minimum Gasteiger partial charge on any atom is -0.507 e. The van der Waals surface area contributed by atoms with Gasteiger partial charge in [-0.15, -0.1) is 0 Å². The smallest absolute Gasteiger partial charge is 0.340 e. The Bertz CT molecular complexity index is 820. The Labute approximate surface area is 133 Å². The largest absolute Gasteiger partial charge is 0.507 e. The van der Waals surface area contributed by atoms with Gasteiger partial charge in [0, 0.05) is 18.0 Å². The highest BCUT2D eigenvalue weighted by Crippen LogP contribution is 2.30. The van der Waals surface area contributed by atoms with Crippen LogP contribution in [0.4, 0.5) is 0 Å². The molecule has 1 fully saturated rings. The quantitative estimate of drug-likeness (QED) is 0.645. The number of phenolic OH excluding ortho intramolecular Hbond substituents is 1. The fourth-order valence-corrected chi connectivity index (χ4v) is 2.63. The van der Waals surface area contributed by atoms with E-state index in [9.17, 15) is 14.7 Å². The molecule has 122 valence electrons. The topological polar surface area (TPSA) is 88.8 Å². The summed E-state index contributed by atoms with van der Waals surface area (Å²) in [6.07, 6.45) is 2.12. The second-order valence-electron chi connectivity index (χ2n) is 5.84. The van der Waals surface area contributed by atoms with Gasteiger partial charge in [0.1, 0.15) is 11.3 Å². The van der Waals surface area contributed by atoms with Gasteiger partial charge in [0.2, 0.25) is 0 Å². The van der Waals surface area contributed by atoms with Crippen molar-refractivity contribution in [2.45, 2.75) is 38.8 Å². The van der Waals surface area contributed by atoms with Gasteiger partial charge in [0.05, 0.1) is 24.7 Å². The Hall–Kier alpha value is -2.34. The zero-order valence-corrected chi connectivity index (χ0v) is 13.1. The summed E-state index contributed by atoms with van der Waals surface area (Å²) in [7, 11) is 1.28. The number of carbonyl (C=O) groups is 1. The number of fused-ring (bicyclic) bond motifs is 1. The summed E-state index contributed by atoms with van der Waals surface area (Å²) in [6.45, 7) is 2.21. The molecule has 0 unspecified atom stereocenters. The van der Waals surface area contributed by atoms with Crippen LogP contribution in [0.2, 0.25) is 0 Å². The molecule has 0 radical (unpaired) electrons. The van der Waals surface area contributed by atoms with Crippen LogP contribution in [0, 0.1) is 6.92 Å². The second kappa shape index (κ2) is 6.04. The van der Waals surface area contributed by atoms with Crippen molar-refractivity contribution < 1.29 is 19.1 Å². The number of carbonyl (C=O) groups excluding carboxylic acids is 1. The molecule has 0 atom stereocenters. The zero-order chi connectivity index (χ0) is 16.6. The molecule has 1 aliphatic carbocycles. The van der Waals surface area contributed by atoms with Crippen LogP contribution in [-0.2, 0) is 22.5 Å². The minimum absolute atomic E-state index is 0.0916. The molecule has 0 bridgehead atoms. The van der Waals surface area contributed by atoms with Gasteiger partial charge in [-0.05, 0) is 37.5 Å². The summed E-state index contributed by atoms with van der Waals surface area (Å²) >= 11 is 0. The number of rotatable bonds is 5. The molecule has 1 heterocycles. The maximum atomic E-state index is 12.2. The molecule has 2 N–H and O–H groups in total. The third-order valence-electron chi connectivity index (χ3n) is 4.23. The molecular formula is C17H19NO5. The summed E-state index contributed by atoms with van der Waals surface area (Å²) in [5.74, 6) is -0.400. The van der Waals surface area contributed by atoms with Gasteiger partial charge in [0.25, 0.3) is 0 Å². The molecule has 0 saturated heterocycles. The first-order valence-electron chi connectivity index (χ1n) is 7.58. The molecule has 1 aromatic carbocycles. The first-order valence-corrected chi connectivity index (χ1v) is 7.58. The lowest BCUT2D eigenvalue weighted by molar-refractivity contribution is -0.139. The Kier molecular flexibility index (Phi) is 4.09. The number of hydrogen-bond acceptors (Lipinski definition) is 6. The van der Waals surface area contributed by atoms with E-state index in [1.165, 1.54) is 7.11 Å². The number of esters is 1. The number of aromatic hydroxyl groups is 1. The predicted octanol–water partition coefficient (Wildman–Crippen LogP) is 1.77. The molecule has 23 heavy (non-hydrogen) atoms. The van der Waals surface area contributed by atoms with E-state index in [4.69, 9.17) is 4.42 Å². The van der Waals surface area contributed by atoms with E-state index >= 15 is 0 Å². The molecule has 1 saturated carbocycles. The Morgan fingerprint density at radius 1 is 1.39 bits per heavy atom. The molecular weight excluding hydrogens is 298 g/mol. The summed E-state index contributed by atoms with van der Waals surface area (Å²) in [5, 5.41) is 14.1. The van der Waals surface area contributed by atoms with Crippen LogP contribution < -0.4 is 10.9 Å². The molecule has 1 aliphatic rings. The molecule has 0 spiro atoms. The van der Waals surface area contributed by atoms with Crippen LogP contribution in [0.15, 0.2) is 21.3 Å². The van der Waals surface area contributed by atoms with Crippen molar-refractivity contribution in [2.75, 3.05) is 7.11 Å². The lowest BCUT2D eigenvalue weighted by atomic mass is 10.0. The first-order chi connectivity index (χ1) is 11.0. The van der Waals surface area contributed by atoms with Crippen molar-refractivity contribution in [1.29, 1.82) is 0 Å². The monoisotopic (exact) mass is 317 g/mol. The van der Waals surface area contributed by atoms with E-state index in [2.05, 4.69) is 10.1 Å². The fourth-order valence-electron chi connectivity index (χ4n) is 2.63. The van der Waals surface area contributed by atoms with Crippen molar-refractivity contribution in [3.8, 4) is 5.75 Å². The number of phenols is 1. The van der Waals surface area contributed by atoms with E-state index in [1.807, 2.05) is 0 Å². The molecule has 6 heteroatoms. The maximum absolute atomic E-state index is 12.2. The van der Waals surface area contributed by atoms with Crippen molar-refractivity contribution in [1.82, 2.24) is 5.32 Å². The van der Waals surface area contributed by atoms with Crippen LogP contribution in [0.1, 0.15) is 29.5 Å². The van der Waals surface area contributed by atoms with Crippen molar-refractivity contribution in [3.63, 3.8) is 0 Å². The summed E-state index contributed by atoms with van der Waals surface area (Å²) < 4.78 is 10.0. The summed E-state index contributed by atoms with van der Waals surface area (Å²) in [4.78, 5) is 23.7. The third-order valence-corrected chi connectivity index (χ3v) is 4.23. The Morgan fingerprint density at radius 3 is 2.78 bits per heavy atom. The van der Waals surface area contributed by atoms with E-state index in [1.54, 1.807) is 19.1 Å². The Morgan fingerprint density at radius 2 is 2.13 bits per heavy atom. The van der Waals surface area contributed by atoms with Crippen LogP contribution in [0.5, 0.6) is 5.75 Å². The van der Waals surface area contributed by atoms with Gasteiger partial charge in [-0.1, -0.05) is 0 Å². The molecule has 0 aliphatic heterocycles. The highest BCUT2D eigenvalue weighted by Gasteiger charge is 2.23. The van der Waals surface area contributed by atoms with Crippen molar-refractivity contribution in [3.05, 3.63) is 39.2 Å². The van der Waals surface area contributed by atoms with E-state index in [-0.39, 0.29) is 17.7 Å². The van der Waals surface area contributed by atoms with E-state index < -0.39 is 11.6 Å². The molecule has 2 aromatic rings. The van der Waals surface area contributed by atoms with Crippen LogP contribution in [-0.4, -0.2) is 24.2 Å². The predicted molar refractivity (Wildman–Crippen MR) is 84.5 cm³/mol. The van der Waals surface area contributed by atoms with E-state index in [0.29, 0.717) is 34.7 Å². The van der Waals surface area contributed by atoms with Crippen molar-refractivity contribution >= 4 is 16.9 Å². The van der Waals surface area contributed by atoms with Gasteiger partial charge in [0.15, 0.2) is 0 Å². The highest BCUT2D eigenvalue weighted by molar-refractivity contribution is 5.87. The molecule has 0 amide bonds. The maximum Gasteiger partial charge on any atom is 0.340 e. The lowest BCUT2D eigenvalue weighted by Crippen LogP contribution is -2.18. The second-order valence-corrected chi connectivity index (χ2v) is 5.84.